The maximum atomic E-state index is 13.1. The van der Waals surface area contributed by atoms with Crippen molar-refractivity contribution in [2.75, 3.05) is 5.32 Å². The van der Waals surface area contributed by atoms with Gasteiger partial charge in [-0.25, -0.2) is 4.39 Å². The van der Waals surface area contributed by atoms with Crippen LogP contribution in [0.3, 0.4) is 0 Å². The Balaban J connectivity index is 1.86. The third kappa shape index (κ3) is 2.66. The van der Waals surface area contributed by atoms with E-state index in [-0.39, 0.29) is 16.3 Å². The highest BCUT2D eigenvalue weighted by molar-refractivity contribution is 6.31. The van der Waals surface area contributed by atoms with E-state index in [4.69, 9.17) is 20.5 Å². The molecule has 2 aromatic heterocycles. The van der Waals surface area contributed by atoms with Gasteiger partial charge in [-0.15, -0.1) is 0 Å². The molecule has 0 radical (unpaired) electrons. The number of benzene rings is 1. The van der Waals surface area contributed by atoms with Crippen LogP contribution < -0.4 is 5.32 Å². The van der Waals surface area contributed by atoms with Crippen molar-refractivity contribution in [3.63, 3.8) is 0 Å². The van der Waals surface area contributed by atoms with Gasteiger partial charge in [0.1, 0.15) is 11.4 Å². The first-order valence-electron chi connectivity index (χ1n) is 5.90. The van der Waals surface area contributed by atoms with Gasteiger partial charge in [-0.1, -0.05) is 16.8 Å². The number of carbonyl (C=O) groups is 1. The minimum atomic E-state index is -0.559. The molecule has 0 bridgehead atoms. The van der Waals surface area contributed by atoms with E-state index >= 15 is 0 Å². The van der Waals surface area contributed by atoms with Gasteiger partial charge in [0.05, 0.1) is 17.5 Å². The van der Waals surface area contributed by atoms with Crippen molar-refractivity contribution in [1.29, 1.82) is 0 Å². The topological polar surface area (TPSA) is 68.3 Å². The van der Waals surface area contributed by atoms with Crippen molar-refractivity contribution in [1.82, 2.24) is 5.16 Å². The molecule has 0 atom stereocenters. The van der Waals surface area contributed by atoms with Crippen LogP contribution >= 0.6 is 11.6 Å². The number of rotatable bonds is 3. The molecule has 0 saturated carbocycles. The Hall–Kier alpha value is -2.60. The van der Waals surface area contributed by atoms with Crippen molar-refractivity contribution >= 4 is 23.2 Å². The van der Waals surface area contributed by atoms with E-state index in [0.29, 0.717) is 11.4 Å². The molecule has 5 nitrogen and oxygen atoms in total. The summed E-state index contributed by atoms with van der Waals surface area (Å²) in [6, 6.07) is 7.19. The molecule has 3 rings (SSSR count). The number of amides is 1. The predicted molar refractivity (Wildman–Crippen MR) is 73.6 cm³/mol. The fourth-order valence-corrected chi connectivity index (χ4v) is 1.94. The first kappa shape index (κ1) is 13.4. The van der Waals surface area contributed by atoms with Gasteiger partial charge in [-0.3, -0.25) is 4.79 Å². The third-order valence-corrected chi connectivity index (χ3v) is 3.03. The predicted octanol–water partition coefficient (Wildman–Crippen LogP) is 3.98. The maximum Gasteiger partial charge on any atom is 0.261 e. The summed E-state index contributed by atoms with van der Waals surface area (Å²) in [7, 11) is 0. The number of furan rings is 1. The van der Waals surface area contributed by atoms with Crippen LogP contribution in [-0.4, -0.2) is 11.1 Å². The number of carbonyl (C=O) groups excluding carboxylic acids is 1. The fourth-order valence-electron chi connectivity index (χ4n) is 1.76. The van der Waals surface area contributed by atoms with E-state index < -0.39 is 11.7 Å². The first-order chi connectivity index (χ1) is 10.1. The van der Waals surface area contributed by atoms with E-state index in [1.165, 1.54) is 30.7 Å². The van der Waals surface area contributed by atoms with E-state index in [1.54, 1.807) is 12.1 Å². The largest absolute Gasteiger partial charge is 0.461 e. The van der Waals surface area contributed by atoms with E-state index in [1.807, 2.05) is 0 Å². The van der Waals surface area contributed by atoms with Gasteiger partial charge in [0.25, 0.3) is 5.91 Å². The van der Waals surface area contributed by atoms with Gasteiger partial charge in [-0.2, -0.15) is 0 Å². The van der Waals surface area contributed by atoms with Crippen LogP contribution in [0.25, 0.3) is 11.5 Å². The van der Waals surface area contributed by atoms with Gasteiger partial charge in [0, 0.05) is 5.69 Å². The Kier molecular flexibility index (Phi) is 3.45. The minimum absolute atomic E-state index is 0.0793. The van der Waals surface area contributed by atoms with Crippen LogP contribution in [0.15, 0.2) is 51.7 Å². The third-order valence-electron chi connectivity index (χ3n) is 2.74. The zero-order valence-electron chi connectivity index (χ0n) is 10.5. The molecule has 1 N–H and O–H groups in total. The van der Waals surface area contributed by atoms with Crippen molar-refractivity contribution in [2.45, 2.75) is 0 Å². The SMILES string of the molecule is O=C(Nc1ccc(F)c(Cl)c1)c1cnoc1-c1ccco1. The Morgan fingerprint density at radius 3 is 2.90 bits per heavy atom. The molecule has 7 heteroatoms. The highest BCUT2D eigenvalue weighted by atomic mass is 35.5. The lowest BCUT2D eigenvalue weighted by atomic mass is 10.2. The van der Waals surface area contributed by atoms with Gasteiger partial charge in [0.15, 0.2) is 5.76 Å². The van der Waals surface area contributed by atoms with Gasteiger partial charge in [0.2, 0.25) is 5.76 Å². The lowest BCUT2D eigenvalue weighted by Gasteiger charge is -2.05. The van der Waals surface area contributed by atoms with Crippen LogP contribution in [0.1, 0.15) is 10.4 Å². The molecule has 0 fully saturated rings. The molecule has 2 heterocycles. The summed E-state index contributed by atoms with van der Waals surface area (Å²) in [6.45, 7) is 0. The summed E-state index contributed by atoms with van der Waals surface area (Å²) in [4.78, 5) is 12.2. The summed E-state index contributed by atoms with van der Waals surface area (Å²) < 4.78 is 23.3. The van der Waals surface area contributed by atoms with E-state index in [2.05, 4.69) is 10.5 Å². The number of aromatic nitrogens is 1. The maximum absolute atomic E-state index is 13.1. The Bertz CT molecular complexity index is 783. The number of anilines is 1. The molecule has 3 aromatic rings. The van der Waals surface area contributed by atoms with Gasteiger partial charge in [-0.05, 0) is 30.3 Å². The Morgan fingerprint density at radius 1 is 1.33 bits per heavy atom. The highest BCUT2D eigenvalue weighted by Crippen LogP contribution is 2.25. The van der Waals surface area contributed by atoms with Crippen LogP contribution in [0.4, 0.5) is 10.1 Å². The van der Waals surface area contributed by atoms with E-state index in [9.17, 15) is 9.18 Å². The standard InChI is InChI=1S/C14H8ClFN2O3/c15-10-6-8(3-4-11(10)16)18-14(19)9-7-17-21-13(9)12-2-1-5-20-12/h1-7H,(H,18,19). The molecule has 0 spiro atoms. The summed E-state index contributed by atoms with van der Waals surface area (Å²) in [5.74, 6) is -0.429. The zero-order valence-corrected chi connectivity index (χ0v) is 11.2. The molecule has 0 aliphatic heterocycles. The van der Waals surface area contributed by atoms with Crippen molar-refractivity contribution in [2.24, 2.45) is 0 Å². The molecule has 0 unspecified atom stereocenters. The van der Waals surface area contributed by atoms with Crippen molar-refractivity contribution in [3.8, 4) is 11.5 Å². The molecule has 1 amide bonds. The lowest BCUT2D eigenvalue weighted by Crippen LogP contribution is -2.12. The normalized spacial score (nSPS) is 10.6. The van der Waals surface area contributed by atoms with Gasteiger partial charge < -0.3 is 14.3 Å². The number of nitrogens with zero attached hydrogens (tertiary/aromatic N) is 1. The number of halogens is 2. The molecule has 1 aromatic carbocycles. The summed E-state index contributed by atoms with van der Waals surface area (Å²) in [5, 5.41) is 6.09. The molecular weight excluding hydrogens is 299 g/mol. The lowest BCUT2D eigenvalue weighted by molar-refractivity contribution is 0.102. The quantitative estimate of drug-likeness (QED) is 0.794. The molecule has 106 valence electrons. The highest BCUT2D eigenvalue weighted by Gasteiger charge is 2.20. The van der Waals surface area contributed by atoms with Crippen LogP contribution in [0, 0.1) is 5.82 Å². The first-order valence-corrected chi connectivity index (χ1v) is 6.28. The molecular formula is C14H8ClFN2O3. The second-order valence-corrected chi connectivity index (χ2v) is 4.54. The minimum Gasteiger partial charge on any atom is -0.461 e. The van der Waals surface area contributed by atoms with Crippen molar-refractivity contribution < 1.29 is 18.1 Å². The number of nitrogens with one attached hydrogen (secondary N) is 1. The zero-order chi connectivity index (χ0) is 14.8. The summed E-state index contributed by atoms with van der Waals surface area (Å²) >= 11 is 5.66. The smallest absolute Gasteiger partial charge is 0.261 e. The van der Waals surface area contributed by atoms with Crippen molar-refractivity contribution in [3.05, 3.63) is 59.2 Å². The number of hydrogen-bond donors (Lipinski definition) is 1. The fraction of sp³-hybridized carbons (Fsp3) is 0. The Labute approximate surface area is 123 Å². The average Bonchev–Trinajstić information content (AvgIpc) is 3.12. The Morgan fingerprint density at radius 2 is 2.19 bits per heavy atom. The average molecular weight is 307 g/mol. The molecule has 0 aliphatic rings. The second kappa shape index (κ2) is 5.41. The summed E-state index contributed by atoms with van der Waals surface area (Å²) in [6.07, 6.45) is 2.73. The molecule has 21 heavy (non-hydrogen) atoms. The van der Waals surface area contributed by atoms with Crippen LogP contribution in [0.5, 0.6) is 0 Å². The number of hydrogen-bond acceptors (Lipinski definition) is 4. The second-order valence-electron chi connectivity index (χ2n) is 4.13. The molecule has 0 aliphatic carbocycles. The van der Waals surface area contributed by atoms with E-state index in [0.717, 1.165) is 0 Å². The molecule has 0 saturated heterocycles. The monoisotopic (exact) mass is 306 g/mol. The van der Waals surface area contributed by atoms with Gasteiger partial charge >= 0.3 is 0 Å². The summed E-state index contributed by atoms with van der Waals surface area (Å²) in [5.41, 5.74) is 0.559. The van der Waals surface area contributed by atoms with Crippen LogP contribution in [0.2, 0.25) is 5.02 Å². The van der Waals surface area contributed by atoms with Crippen LogP contribution in [-0.2, 0) is 0 Å².